The molecule has 1 aliphatic heterocycles. The molecule has 162 valence electrons. The maximum atomic E-state index is 12.7. The van der Waals surface area contributed by atoms with Gasteiger partial charge in [-0.1, -0.05) is 29.8 Å². The molecule has 1 aromatic heterocycles. The Bertz CT molecular complexity index is 844. The molecule has 10 heteroatoms. The van der Waals surface area contributed by atoms with Crippen LogP contribution in [-0.4, -0.2) is 61.8 Å². The van der Waals surface area contributed by atoms with Crippen molar-refractivity contribution in [3.8, 4) is 5.75 Å². The zero-order chi connectivity index (χ0) is 21.6. The standard InChI is InChI=1S/C20H21ClF3N3O3/c21-17-12-15(20(22,23)24)13-25-19(17)27-8-6-26(7-9-27)18(28)14-29-10-11-30-16-4-2-1-3-5-16/h1-5,12-13H,6-11,14H2. The second kappa shape index (κ2) is 9.99. The fraction of sp³-hybridized carbons (Fsp3) is 0.400. The van der Waals surface area contributed by atoms with Crippen LogP contribution in [-0.2, 0) is 15.7 Å². The van der Waals surface area contributed by atoms with E-state index in [2.05, 4.69) is 4.98 Å². The predicted molar refractivity (Wildman–Crippen MR) is 106 cm³/mol. The number of nitrogens with zero attached hydrogens (tertiary/aromatic N) is 3. The van der Waals surface area contributed by atoms with Crippen molar-refractivity contribution in [1.29, 1.82) is 0 Å². The molecule has 1 fully saturated rings. The van der Waals surface area contributed by atoms with Gasteiger partial charge in [0.05, 0.1) is 17.2 Å². The highest BCUT2D eigenvalue weighted by molar-refractivity contribution is 6.33. The van der Waals surface area contributed by atoms with Crippen LogP contribution in [0.1, 0.15) is 5.56 Å². The Balaban J connectivity index is 1.40. The molecule has 2 heterocycles. The van der Waals surface area contributed by atoms with E-state index >= 15 is 0 Å². The van der Waals surface area contributed by atoms with Crippen LogP contribution >= 0.6 is 11.6 Å². The number of hydrogen-bond acceptors (Lipinski definition) is 5. The Morgan fingerprint density at radius 1 is 1.10 bits per heavy atom. The first-order valence-electron chi connectivity index (χ1n) is 9.35. The molecule has 3 rings (SSSR count). The highest BCUT2D eigenvalue weighted by Gasteiger charge is 2.32. The number of para-hydroxylation sites is 1. The molecular weight excluding hydrogens is 423 g/mol. The molecule has 6 nitrogen and oxygen atoms in total. The quantitative estimate of drug-likeness (QED) is 0.613. The minimum absolute atomic E-state index is 0.0581. The van der Waals surface area contributed by atoms with Gasteiger partial charge in [0.1, 0.15) is 24.8 Å². The zero-order valence-corrected chi connectivity index (χ0v) is 16.8. The second-order valence-corrected chi connectivity index (χ2v) is 7.02. The number of ether oxygens (including phenoxy) is 2. The lowest BCUT2D eigenvalue weighted by molar-refractivity contribution is -0.138. The third kappa shape index (κ3) is 5.99. The molecule has 0 aliphatic carbocycles. The number of rotatable bonds is 7. The van der Waals surface area contributed by atoms with Crippen molar-refractivity contribution in [2.75, 3.05) is 50.9 Å². The van der Waals surface area contributed by atoms with E-state index in [9.17, 15) is 18.0 Å². The number of carbonyl (C=O) groups is 1. The van der Waals surface area contributed by atoms with Crippen LogP contribution in [0, 0.1) is 0 Å². The van der Waals surface area contributed by atoms with Crippen molar-refractivity contribution in [3.05, 3.63) is 53.2 Å². The van der Waals surface area contributed by atoms with Crippen LogP contribution < -0.4 is 9.64 Å². The Kier molecular flexibility index (Phi) is 7.38. The van der Waals surface area contributed by atoms with Crippen LogP contribution in [0.25, 0.3) is 0 Å². The second-order valence-electron chi connectivity index (χ2n) is 6.61. The van der Waals surface area contributed by atoms with Gasteiger partial charge >= 0.3 is 6.18 Å². The first-order valence-corrected chi connectivity index (χ1v) is 9.73. The van der Waals surface area contributed by atoms with E-state index in [0.29, 0.717) is 32.8 Å². The van der Waals surface area contributed by atoms with Gasteiger partial charge in [-0.3, -0.25) is 4.79 Å². The van der Waals surface area contributed by atoms with E-state index in [4.69, 9.17) is 21.1 Å². The summed E-state index contributed by atoms with van der Waals surface area (Å²) in [5, 5.41) is -0.0636. The van der Waals surface area contributed by atoms with E-state index in [1.165, 1.54) is 0 Å². The summed E-state index contributed by atoms with van der Waals surface area (Å²) >= 11 is 5.99. The minimum Gasteiger partial charge on any atom is -0.491 e. The van der Waals surface area contributed by atoms with Crippen molar-refractivity contribution in [3.63, 3.8) is 0 Å². The topological polar surface area (TPSA) is 54.9 Å². The number of carbonyl (C=O) groups excluding carboxylic acids is 1. The number of benzene rings is 1. The number of pyridine rings is 1. The number of alkyl halides is 3. The first-order chi connectivity index (χ1) is 14.3. The average Bonchev–Trinajstić information content (AvgIpc) is 2.73. The normalized spacial score (nSPS) is 14.7. The summed E-state index contributed by atoms with van der Waals surface area (Å²) < 4.78 is 49.1. The van der Waals surface area contributed by atoms with Crippen molar-refractivity contribution >= 4 is 23.3 Å². The van der Waals surface area contributed by atoms with Crippen molar-refractivity contribution < 1.29 is 27.4 Å². The van der Waals surface area contributed by atoms with Gasteiger partial charge in [-0.15, -0.1) is 0 Å². The van der Waals surface area contributed by atoms with Gasteiger partial charge in [0.2, 0.25) is 5.91 Å². The molecule has 1 amide bonds. The molecule has 30 heavy (non-hydrogen) atoms. The lowest BCUT2D eigenvalue weighted by Crippen LogP contribution is -2.50. The van der Waals surface area contributed by atoms with E-state index in [1.807, 2.05) is 30.3 Å². The fourth-order valence-corrected chi connectivity index (χ4v) is 3.26. The van der Waals surface area contributed by atoms with Gasteiger partial charge < -0.3 is 19.3 Å². The predicted octanol–water partition coefficient (Wildman–Crippen LogP) is 3.50. The van der Waals surface area contributed by atoms with Crippen LogP contribution in [0.4, 0.5) is 19.0 Å². The Hall–Kier alpha value is -2.52. The van der Waals surface area contributed by atoms with Gasteiger partial charge in [-0.2, -0.15) is 13.2 Å². The maximum absolute atomic E-state index is 12.7. The third-order valence-electron chi connectivity index (χ3n) is 4.55. The molecule has 0 atom stereocenters. The van der Waals surface area contributed by atoms with E-state index in [-0.39, 0.29) is 30.0 Å². The fourth-order valence-electron chi connectivity index (χ4n) is 2.97. The summed E-state index contributed by atoms with van der Waals surface area (Å²) in [7, 11) is 0. The molecule has 0 radical (unpaired) electrons. The molecule has 0 bridgehead atoms. The van der Waals surface area contributed by atoms with Crippen LogP contribution in [0.15, 0.2) is 42.6 Å². The molecule has 2 aromatic rings. The van der Waals surface area contributed by atoms with Gasteiger partial charge in [-0.05, 0) is 18.2 Å². The zero-order valence-electron chi connectivity index (χ0n) is 16.1. The highest BCUT2D eigenvalue weighted by atomic mass is 35.5. The number of amides is 1. The summed E-state index contributed by atoms with van der Waals surface area (Å²) in [4.78, 5) is 19.5. The summed E-state index contributed by atoms with van der Waals surface area (Å²) in [6.07, 6.45) is -3.73. The van der Waals surface area contributed by atoms with E-state index in [1.54, 1.807) is 9.80 Å². The number of halogens is 4. The van der Waals surface area contributed by atoms with E-state index in [0.717, 1.165) is 18.0 Å². The number of anilines is 1. The SMILES string of the molecule is O=C(COCCOc1ccccc1)N1CCN(c2ncc(C(F)(F)F)cc2Cl)CC1. The molecule has 1 aromatic carbocycles. The van der Waals surface area contributed by atoms with Crippen LogP contribution in [0.3, 0.4) is 0 Å². The van der Waals surface area contributed by atoms with Crippen molar-refractivity contribution in [2.24, 2.45) is 0 Å². The molecule has 0 spiro atoms. The summed E-state index contributed by atoms with van der Waals surface area (Å²) in [5.74, 6) is 0.867. The van der Waals surface area contributed by atoms with Gasteiger partial charge in [0.15, 0.2) is 0 Å². The molecule has 1 saturated heterocycles. The first kappa shape index (κ1) is 22.2. The highest BCUT2D eigenvalue weighted by Crippen LogP contribution is 2.33. The Morgan fingerprint density at radius 3 is 2.43 bits per heavy atom. The van der Waals surface area contributed by atoms with Gasteiger partial charge in [-0.25, -0.2) is 4.98 Å². The van der Waals surface area contributed by atoms with Gasteiger partial charge in [0, 0.05) is 32.4 Å². The summed E-state index contributed by atoms with van der Waals surface area (Å²) in [5.41, 5.74) is -0.890. The number of hydrogen-bond donors (Lipinski definition) is 0. The van der Waals surface area contributed by atoms with Crippen LogP contribution in [0.5, 0.6) is 5.75 Å². The van der Waals surface area contributed by atoms with Crippen LogP contribution in [0.2, 0.25) is 5.02 Å². The van der Waals surface area contributed by atoms with Gasteiger partial charge in [0.25, 0.3) is 0 Å². The Labute approximate surface area is 177 Å². The Morgan fingerprint density at radius 2 is 1.80 bits per heavy atom. The monoisotopic (exact) mass is 443 g/mol. The molecule has 0 N–H and O–H groups in total. The lowest BCUT2D eigenvalue weighted by Gasteiger charge is -2.35. The molecule has 0 saturated carbocycles. The average molecular weight is 444 g/mol. The van der Waals surface area contributed by atoms with E-state index < -0.39 is 11.7 Å². The minimum atomic E-state index is -4.49. The molecule has 0 unspecified atom stereocenters. The van der Waals surface area contributed by atoms with Crippen molar-refractivity contribution in [1.82, 2.24) is 9.88 Å². The summed E-state index contributed by atoms with van der Waals surface area (Å²) in [6.45, 7) is 2.21. The smallest absolute Gasteiger partial charge is 0.417 e. The molecular formula is C20H21ClF3N3O3. The lowest BCUT2D eigenvalue weighted by atomic mass is 10.2. The number of aromatic nitrogens is 1. The number of piperazine rings is 1. The maximum Gasteiger partial charge on any atom is 0.417 e. The van der Waals surface area contributed by atoms with Crippen molar-refractivity contribution in [2.45, 2.75) is 6.18 Å². The molecule has 1 aliphatic rings. The third-order valence-corrected chi connectivity index (χ3v) is 4.82. The largest absolute Gasteiger partial charge is 0.491 e. The summed E-state index contributed by atoms with van der Waals surface area (Å²) in [6, 6.07) is 10.2.